The van der Waals surface area contributed by atoms with Gasteiger partial charge in [-0.3, -0.25) is 0 Å². The molecule has 0 aliphatic carbocycles. The van der Waals surface area contributed by atoms with Crippen LogP contribution in [-0.2, 0) is 0 Å². The smallest absolute Gasteiger partial charge is 0.423 e. The van der Waals surface area contributed by atoms with Crippen LogP contribution in [0, 0.1) is 0 Å². The molecule has 0 heterocycles. The molecule has 0 bridgehead atoms. The number of carbonyl (C=O) groups is 2. The molecule has 0 aliphatic rings. The van der Waals surface area contributed by atoms with Gasteiger partial charge < -0.3 is 10.4 Å². The van der Waals surface area contributed by atoms with Crippen LogP contribution in [-0.4, -0.2) is 17.2 Å². The van der Waals surface area contributed by atoms with Gasteiger partial charge in [0.2, 0.25) is 0 Å². The van der Waals surface area contributed by atoms with Gasteiger partial charge in [-0.25, -0.2) is 20.4 Å². The Balaban J connectivity index is 2.51. The van der Waals surface area contributed by atoms with E-state index in [4.69, 9.17) is 5.11 Å². The molecule has 0 radical (unpaired) electrons. The highest BCUT2D eigenvalue weighted by molar-refractivity contribution is 5.90. The Bertz CT molecular complexity index is 401. The summed E-state index contributed by atoms with van der Waals surface area (Å²) in [6, 6.07) is 6.70. The van der Waals surface area contributed by atoms with Crippen molar-refractivity contribution in [2.75, 3.05) is 5.32 Å². The third kappa shape index (κ3) is 4.42. The van der Waals surface area contributed by atoms with Gasteiger partial charge in [0.1, 0.15) is 0 Å². The molecule has 0 saturated carbocycles. The first-order valence-corrected chi connectivity index (χ1v) is 5.15. The lowest BCUT2D eigenvalue weighted by Gasteiger charge is -2.09. The monoisotopic (exact) mass is 237 g/mol. The highest BCUT2D eigenvalue weighted by atomic mass is 16.4. The number of benzene rings is 1. The molecule has 17 heavy (non-hydrogen) atoms. The second-order valence-corrected chi connectivity index (χ2v) is 3.79. The summed E-state index contributed by atoms with van der Waals surface area (Å²) in [5, 5.41) is 10.8. The van der Waals surface area contributed by atoms with E-state index in [1.807, 2.05) is 17.6 Å². The summed E-state index contributed by atoms with van der Waals surface area (Å²) in [6.07, 6.45) is -1.32. The van der Waals surface area contributed by atoms with Gasteiger partial charge in [-0.2, -0.15) is 0 Å². The van der Waals surface area contributed by atoms with Crippen LogP contribution >= 0.6 is 0 Å². The van der Waals surface area contributed by atoms with Crippen molar-refractivity contribution < 1.29 is 14.7 Å². The lowest BCUT2D eigenvalue weighted by molar-refractivity contribution is 0.188. The van der Waals surface area contributed by atoms with Gasteiger partial charge in [-0.05, 0) is 23.6 Å². The SMILES string of the molecule is CC(C)c1ccc(NC(=O)NNC(=O)O)cc1. The minimum Gasteiger partial charge on any atom is -0.464 e. The molecule has 6 heteroatoms. The van der Waals surface area contributed by atoms with E-state index in [9.17, 15) is 9.59 Å². The Labute approximate surface area is 99.0 Å². The van der Waals surface area contributed by atoms with Gasteiger partial charge >= 0.3 is 12.1 Å². The van der Waals surface area contributed by atoms with Crippen molar-refractivity contribution in [3.8, 4) is 0 Å². The Morgan fingerprint density at radius 3 is 2.18 bits per heavy atom. The molecule has 1 aromatic rings. The number of hydrogen-bond donors (Lipinski definition) is 4. The molecule has 1 aromatic carbocycles. The normalized spacial score (nSPS) is 9.82. The third-order valence-electron chi connectivity index (χ3n) is 2.12. The lowest BCUT2D eigenvalue weighted by Crippen LogP contribution is -2.43. The molecular weight excluding hydrogens is 222 g/mol. The number of hydrazine groups is 1. The van der Waals surface area contributed by atoms with E-state index < -0.39 is 12.1 Å². The van der Waals surface area contributed by atoms with Crippen molar-refractivity contribution in [3.63, 3.8) is 0 Å². The van der Waals surface area contributed by atoms with E-state index in [0.29, 0.717) is 11.6 Å². The van der Waals surface area contributed by atoms with Gasteiger partial charge in [-0.1, -0.05) is 26.0 Å². The Kier molecular flexibility index (Phi) is 4.33. The first-order chi connectivity index (χ1) is 7.99. The Morgan fingerprint density at radius 2 is 1.71 bits per heavy atom. The first kappa shape index (κ1) is 12.8. The summed E-state index contributed by atoms with van der Waals surface area (Å²) in [6.45, 7) is 4.15. The van der Waals surface area contributed by atoms with Crippen molar-refractivity contribution in [2.24, 2.45) is 0 Å². The van der Waals surface area contributed by atoms with Crippen molar-refractivity contribution in [2.45, 2.75) is 19.8 Å². The highest BCUT2D eigenvalue weighted by Gasteiger charge is 2.03. The van der Waals surface area contributed by atoms with Gasteiger partial charge in [0, 0.05) is 5.69 Å². The van der Waals surface area contributed by atoms with E-state index in [-0.39, 0.29) is 0 Å². The van der Waals surface area contributed by atoms with Crippen LogP contribution in [0.3, 0.4) is 0 Å². The van der Waals surface area contributed by atoms with Crippen LogP contribution in [0.25, 0.3) is 0 Å². The summed E-state index contributed by atoms with van der Waals surface area (Å²) < 4.78 is 0. The largest absolute Gasteiger partial charge is 0.464 e. The van der Waals surface area contributed by atoms with Crippen LogP contribution in [0.15, 0.2) is 24.3 Å². The van der Waals surface area contributed by atoms with E-state index in [2.05, 4.69) is 19.2 Å². The average Bonchev–Trinajstić information content (AvgIpc) is 2.27. The van der Waals surface area contributed by atoms with Gasteiger partial charge in [-0.15, -0.1) is 0 Å². The van der Waals surface area contributed by atoms with Crippen molar-refractivity contribution in [1.29, 1.82) is 0 Å². The summed E-state index contributed by atoms with van der Waals surface area (Å²) >= 11 is 0. The first-order valence-electron chi connectivity index (χ1n) is 5.15. The Hall–Kier alpha value is -2.24. The van der Waals surface area contributed by atoms with Crippen LogP contribution in [0.2, 0.25) is 0 Å². The second-order valence-electron chi connectivity index (χ2n) is 3.79. The maximum Gasteiger partial charge on any atom is 0.423 e. The van der Waals surface area contributed by atoms with Crippen LogP contribution in [0.4, 0.5) is 15.3 Å². The molecule has 0 aliphatic heterocycles. The molecule has 92 valence electrons. The van der Waals surface area contributed by atoms with E-state index in [1.54, 1.807) is 17.6 Å². The highest BCUT2D eigenvalue weighted by Crippen LogP contribution is 2.16. The molecule has 0 spiro atoms. The molecule has 0 atom stereocenters. The van der Waals surface area contributed by atoms with E-state index >= 15 is 0 Å². The molecule has 3 amide bonds. The number of carbonyl (C=O) groups excluding carboxylic acids is 1. The molecule has 0 unspecified atom stereocenters. The van der Waals surface area contributed by atoms with Gasteiger partial charge in [0.05, 0.1) is 0 Å². The van der Waals surface area contributed by atoms with Crippen LogP contribution < -0.4 is 16.2 Å². The molecule has 0 saturated heterocycles. The Morgan fingerprint density at radius 1 is 1.12 bits per heavy atom. The van der Waals surface area contributed by atoms with Crippen molar-refractivity contribution in [3.05, 3.63) is 29.8 Å². The molecule has 0 aromatic heterocycles. The maximum absolute atomic E-state index is 11.2. The topological polar surface area (TPSA) is 90.5 Å². The zero-order chi connectivity index (χ0) is 12.8. The predicted molar refractivity (Wildman–Crippen MR) is 63.8 cm³/mol. The average molecular weight is 237 g/mol. The molecular formula is C11H15N3O3. The van der Waals surface area contributed by atoms with Gasteiger partial charge in [0.15, 0.2) is 0 Å². The summed E-state index contributed by atoms with van der Waals surface area (Å²) in [5.41, 5.74) is 5.48. The van der Waals surface area contributed by atoms with Crippen molar-refractivity contribution >= 4 is 17.8 Å². The number of anilines is 1. The number of nitrogens with one attached hydrogen (secondary N) is 3. The van der Waals surface area contributed by atoms with E-state index in [0.717, 1.165) is 0 Å². The molecule has 1 rings (SSSR count). The van der Waals surface area contributed by atoms with E-state index in [1.165, 1.54) is 5.56 Å². The fraction of sp³-hybridized carbons (Fsp3) is 0.273. The number of urea groups is 1. The second kappa shape index (κ2) is 5.74. The zero-order valence-electron chi connectivity index (χ0n) is 9.65. The summed E-state index contributed by atoms with van der Waals surface area (Å²) in [4.78, 5) is 21.3. The number of rotatable bonds is 2. The minimum absolute atomic E-state index is 0.423. The van der Waals surface area contributed by atoms with Gasteiger partial charge in [0.25, 0.3) is 0 Å². The standard InChI is InChI=1S/C11H15N3O3/c1-7(2)8-3-5-9(6-4-8)12-10(15)13-14-11(16)17/h3-7,14H,1-2H3,(H,16,17)(H2,12,13,15). The number of amides is 3. The lowest BCUT2D eigenvalue weighted by atomic mass is 10.0. The molecule has 4 N–H and O–H groups in total. The van der Waals surface area contributed by atoms with Crippen molar-refractivity contribution in [1.82, 2.24) is 10.9 Å². The number of carboxylic acid groups (broad SMARTS) is 1. The van der Waals surface area contributed by atoms with Crippen LogP contribution in [0.5, 0.6) is 0 Å². The summed E-state index contributed by atoms with van der Waals surface area (Å²) in [7, 11) is 0. The fourth-order valence-electron chi connectivity index (χ4n) is 1.22. The quantitative estimate of drug-likeness (QED) is 0.594. The maximum atomic E-state index is 11.2. The zero-order valence-corrected chi connectivity index (χ0v) is 9.65. The molecule has 6 nitrogen and oxygen atoms in total. The fourth-order valence-corrected chi connectivity index (χ4v) is 1.22. The third-order valence-corrected chi connectivity index (χ3v) is 2.12. The van der Waals surface area contributed by atoms with Crippen LogP contribution in [0.1, 0.15) is 25.3 Å². The minimum atomic E-state index is -1.32. The number of hydrogen-bond acceptors (Lipinski definition) is 2. The summed E-state index contributed by atoms with van der Waals surface area (Å²) in [5.74, 6) is 0.423. The predicted octanol–water partition coefficient (Wildman–Crippen LogP) is 2.11. The molecule has 0 fully saturated rings.